The maximum atomic E-state index is 12.7. The number of methoxy groups -OCH3 is 2. The number of carbonyl (C=O) groups is 1. The molecule has 29 heavy (non-hydrogen) atoms. The maximum Gasteiger partial charge on any atom is 0.262 e. The summed E-state index contributed by atoms with van der Waals surface area (Å²) in [4.78, 5) is 12.4. The van der Waals surface area contributed by atoms with Gasteiger partial charge in [0.25, 0.3) is 15.9 Å². The molecule has 2 N–H and O–H groups in total. The predicted molar refractivity (Wildman–Crippen MR) is 111 cm³/mol. The van der Waals surface area contributed by atoms with E-state index in [1.165, 1.54) is 38.8 Å². The molecular weight excluding hydrogens is 392 g/mol. The highest BCUT2D eigenvalue weighted by molar-refractivity contribution is 7.92. The molecule has 0 atom stereocenters. The second kappa shape index (κ2) is 9.17. The molecular formula is C21H26N2O5S. The van der Waals surface area contributed by atoms with Crippen molar-refractivity contribution in [3.8, 4) is 11.5 Å². The third-order valence-corrected chi connectivity index (χ3v) is 6.38. The maximum absolute atomic E-state index is 12.7. The minimum absolute atomic E-state index is 0.0502. The smallest absolute Gasteiger partial charge is 0.262 e. The first-order chi connectivity index (χ1) is 13.9. The third kappa shape index (κ3) is 5.20. The largest absolute Gasteiger partial charge is 0.493 e. The van der Waals surface area contributed by atoms with Gasteiger partial charge in [0.05, 0.1) is 19.1 Å². The van der Waals surface area contributed by atoms with Crippen molar-refractivity contribution in [3.05, 3.63) is 48.0 Å². The molecule has 0 radical (unpaired) electrons. The number of benzene rings is 2. The lowest BCUT2D eigenvalue weighted by Gasteiger charge is -2.22. The van der Waals surface area contributed by atoms with Crippen molar-refractivity contribution in [1.29, 1.82) is 0 Å². The number of anilines is 1. The zero-order chi connectivity index (χ0) is 20.9. The molecule has 0 unspecified atom stereocenters. The summed E-state index contributed by atoms with van der Waals surface area (Å²) in [5, 5.41) is 3.05. The summed E-state index contributed by atoms with van der Waals surface area (Å²) in [6.45, 7) is 0. The standard InChI is InChI=1S/C21H26N2O5S/c1-27-19-13-12-18(14-20(19)28-2)29(25,26)23-17-10-8-15(9-11-17)21(24)22-16-6-4-3-5-7-16/h8-14,16,23H,3-7H2,1-2H3,(H,22,24). The summed E-state index contributed by atoms with van der Waals surface area (Å²) in [6.07, 6.45) is 5.52. The van der Waals surface area contributed by atoms with E-state index in [-0.39, 0.29) is 16.8 Å². The van der Waals surface area contributed by atoms with Crippen molar-refractivity contribution in [1.82, 2.24) is 5.32 Å². The van der Waals surface area contributed by atoms with Gasteiger partial charge in [0.2, 0.25) is 0 Å². The molecule has 0 spiro atoms. The van der Waals surface area contributed by atoms with Crippen molar-refractivity contribution in [3.63, 3.8) is 0 Å². The van der Waals surface area contributed by atoms with Crippen LogP contribution in [0.25, 0.3) is 0 Å². The molecule has 2 aromatic carbocycles. The molecule has 8 heteroatoms. The van der Waals surface area contributed by atoms with Crippen LogP contribution in [0.5, 0.6) is 11.5 Å². The lowest BCUT2D eigenvalue weighted by Crippen LogP contribution is -2.36. The molecule has 1 amide bonds. The number of hydrogen-bond acceptors (Lipinski definition) is 5. The fraction of sp³-hybridized carbons (Fsp3) is 0.381. The highest BCUT2D eigenvalue weighted by atomic mass is 32.2. The summed E-state index contributed by atoms with van der Waals surface area (Å²) >= 11 is 0. The Kier molecular flexibility index (Phi) is 6.64. The van der Waals surface area contributed by atoms with Crippen LogP contribution in [0.3, 0.4) is 0 Å². The molecule has 1 aliphatic carbocycles. The number of hydrogen-bond donors (Lipinski definition) is 2. The molecule has 0 saturated heterocycles. The molecule has 0 bridgehead atoms. The Morgan fingerprint density at radius 2 is 1.59 bits per heavy atom. The Hall–Kier alpha value is -2.74. The zero-order valence-corrected chi connectivity index (χ0v) is 17.4. The summed E-state index contributed by atoms with van der Waals surface area (Å²) in [5.41, 5.74) is 0.874. The molecule has 7 nitrogen and oxygen atoms in total. The number of ether oxygens (including phenoxy) is 2. The van der Waals surface area contributed by atoms with Gasteiger partial charge in [-0.05, 0) is 49.2 Å². The average Bonchev–Trinajstić information content (AvgIpc) is 2.74. The molecule has 0 heterocycles. The Morgan fingerprint density at radius 3 is 2.21 bits per heavy atom. The van der Waals surface area contributed by atoms with Crippen molar-refractivity contribution in [2.24, 2.45) is 0 Å². The van der Waals surface area contributed by atoms with E-state index >= 15 is 0 Å². The van der Waals surface area contributed by atoms with Gasteiger partial charge in [-0.2, -0.15) is 0 Å². The summed E-state index contributed by atoms with van der Waals surface area (Å²) in [6, 6.07) is 11.0. The molecule has 1 saturated carbocycles. The first kappa shape index (κ1) is 21.0. The predicted octanol–water partition coefficient (Wildman–Crippen LogP) is 3.57. The van der Waals surface area contributed by atoms with Crippen molar-refractivity contribution in [2.75, 3.05) is 18.9 Å². The van der Waals surface area contributed by atoms with Crippen LogP contribution in [0.2, 0.25) is 0 Å². The van der Waals surface area contributed by atoms with Crippen molar-refractivity contribution >= 4 is 21.6 Å². The van der Waals surface area contributed by atoms with E-state index in [1.807, 2.05) is 0 Å². The molecule has 3 rings (SSSR count). The average molecular weight is 419 g/mol. The van der Waals surface area contributed by atoms with Gasteiger partial charge in [-0.1, -0.05) is 19.3 Å². The summed E-state index contributed by atoms with van der Waals surface area (Å²) < 4.78 is 38.1. The van der Waals surface area contributed by atoms with E-state index < -0.39 is 10.0 Å². The Labute approximate surface area is 171 Å². The number of nitrogens with one attached hydrogen (secondary N) is 2. The molecule has 2 aromatic rings. The van der Waals surface area contributed by atoms with E-state index in [1.54, 1.807) is 24.3 Å². The number of sulfonamides is 1. The second-order valence-electron chi connectivity index (χ2n) is 7.01. The summed E-state index contributed by atoms with van der Waals surface area (Å²) in [5.74, 6) is 0.635. The SMILES string of the molecule is COc1ccc(S(=O)(=O)Nc2ccc(C(=O)NC3CCCCC3)cc2)cc1OC. The second-order valence-corrected chi connectivity index (χ2v) is 8.69. The van der Waals surface area contributed by atoms with Gasteiger partial charge in [-0.3, -0.25) is 9.52 Å². The monoisotopic (exact) mass is 418 g/mol. The number of carbonyl (C=O) groups excluding carboxylic acids is 1. The van der Waals surface area contributed by atoms with Gasteiger partial charge < -0.3 is 14.8 Å². The molecule has 156 valence electrons. The fourth-order valence-corrected chi connectivity index (χ4v) is 4.48. The van der Waals surface area contributed by atoms with Gasteiger partial charge in [-0.25, -0.2) is 8.42 Å². The van der Waals surface area contributed by atoms with Gasteiger partial charge in [0, 0.05) is 23.4 Å². The van der Waals surface area contributed by atoms with Gasteiger partial charge >= 0.3 is 0 Å². The first-order valence-electron chi connectivity index (χ1n) is 9.59. The van der Waals surface area contributed by atoms with Crippen LogP contribution in [0.4, 0.5) is 5.69 Å². The highest BCUT2D eigenvalue weighted by Crippen LogP contribution is 2.30. The molecule has 0 aromatic heterocycles. The van der Waals surface area contributed by atoms with E-state index in [0.29, 0.717) is 22.7 Å². The third-order valence-electron chi connectivity index (χ3n) is 5.01. The van der Waals surface area contributed by atoms with Crippen LogP contribution < -0.4 is 19.5 Å². The minimum Gasteiger partial charge on any atom is -0.493 e. The van der Waals surface area contributed by atoms with Crippen LogP contribution >= 0.6 is 0 Å². The van der Waals surface area contributed by atoms with Crippen LogP contribution in [0.15, 0.2) is 47.4 Å². The van der Waals surface area contributed by atoms with E-state index in [2.05, 4.69) is 10.0 Å². The molecule has 1 fully saturated rings. The normalized spacial score (nSPS) is 14.8. The molecule has 0 aliphatic heterocycles. The first-order valence-corrected chi connectivity index (χ1v) is 11.1. The Bertz CT molecular complexity index is 952. The van der Waals surface area contributed by atoms with Crippen molar-refractivity contribution < 1.29 is 22.7 Å². The minimum atomic E-state index is -3.81. The highest BCUT2D eigenvalue weighted by Gasteiger charge is 2.19. The van der Waals surface area contributed by atoms with Gasteiger partial charge in [-0.15, -0.1) is 0 Å². The Morgan fingerprint density at radius 1 is 0.931 bits per heavy atom. The van der Waals surface area contributed by atoms with Gasteiger partial charge in [0.1, 0.15) is 0 Å². The fourth-order valence-electron chi connectivity index (χ4n) is 3.40. The van der Waals surface area contributed by atoms with Crippen LogP contribution in [0, 0.1) is 0 Å². The van der Waals surface area contributed by atoms with E-state index in [0.717, 1.165) is 25.7 Å². The topological polar surface area (TPSA) is 93.7 Å². The lowest BCUT2D eigenvalue weighted by molar-refractivity contribution is 0.0927. The quantitative estimate of drug-likeness (QED) is 0.717. The lowest BCUT2D eigenvalue weighted by atomic mass is 9.95. The van der Waals surface area contributed by atoms with Crippen molar-refractivity contribution in [2.45, 2.75) is 43.0 Å². The zero-order valence-electron chi connectivity index (χ0n) is 16.6. The van der Waals surface area contributed by atoms with E-state index in [9.17, 15) is 13.2 Å². The molecule has 1 aliphatic rings. The van der Waals surface area contributed by atoms with Crippen LogP contribution in [-0.2, 0) is 10.0 Å². The number of rotatable bonds is 7. The van der Waals surface area contributed by atoms with E-state index in [4.69, 9.17) is 9.47 Å². The van der Waals surface area contributed by atoms with Gasteiger partial charge in [0.15, 0.2) is 11.5 Å². The number of amides is 1. The van der Waals surface area contributed by atoms with Crippen LogP contribution in [-0.4, -0.2) is 34.6 Å². The Balaban J connectivity index is 1.69. The van der Waals surface area contributed by atoms with Crippen LogP contribution in [0.1, 0.15) is 42.5 Å². The summed E-state index contributed by atoms with van der Waals surface area (Å²) in [7, 11) is -0.887.